The molecule has 1 fully saturated rings. The Balaban J connectivity index is 1.46. The molecule has 0 amide bonds. The predicted octanol–water partition coefficient (Wildman–Crippen LogP) is 4.00. The first-order chi connectivity index (χ1) is 15.3. The largest absolute Gasteiger partial charge is 0.491 e. The van der Waals surface area contributed by atoms with Crippen LogP contribution in [0.2, 0.25) is 0 Å². The van der Waals surface area contributed by atoms with Crippen molar-refractivity contribution < 1.29 is 22.6 Å². The molecule has 7 nitrogen and oxygen atoms in total. The minimum absolute atomic E-state index is 0.0250. The van der Waals surface area contributed by atoms with Crippen LogP contribution < -0.4 is 10.1 Å². The summed E-state index contributed by atoms with van der Waals surface area (Å²) in [6.07, 6.45) is -2.91. The molecule has 2 aliphatic rings. The van der Waals surface area contributed by atoms with Crippen molar-refractivity contribution in [1.82, 2.24) is 19.9 Å². The molecule has 1 aromatic carbocycles. The number of para-hydroxylation sites is 1. The van der Waals surface area contributed by atoms with E-state index in [1.807, 2.05) is 38.1 Å². The SMILES string of the molecule is CC(C)OC1CN(C2COc3ccccc3C2Nc2ncnc3[nH]c(C(F)(F)F)cc23)C1. The summed E-state index contributed by atoms with van der Waals surface area (Å²) in [5, 5.41) is 3.70. The molecule has 5 rings (SSSR count). The first-order valence-electron chi connectivity index (χ1n) is 10.6. The van der Waals surface area contributed by atoms with Gasteiger partial charge in [-0.3, -0.25) is 4.90 Å². The van der Waals surface area contributed by atoms with Crippen molar-refractivity contribution in [3.63, 3.8) is 0 Å². The zero-order chi connectivity index (χ0) is 22.5. The molecule has 170 valence electrons. The summed E-state index contributed by atoms with van der Waals surface area (Å²) in [4.78, 5) is 12.9. The Morgan fingerprint density at radius 3 is 2.75 bits per heavy atom. The minimum atomic E-state index is -4.49. The van der Waals surface area contributed by atoms with Gasteiger partial charge in [0.2, 0.25) is 0 Å². The molecule has 0 spiro atoms. The number of benzene rings is 1. The molecule has 32 heavy (non-hydrogen) atoms. The van der Waals surface area contributed by atoms with Gasteiger partial charge in [-0.25, -0.2) is 9.97 Å². The summed E-state index contributed by atoms with van der Waals surface area (Å²) in [5.74, 6) is 1.11. The number of ether oxygens (including phenoxy) is 2. The lowest BCUT2D eigenvalue weighted by molar-refractivity contribution is -0.140. The molecule has 2 aliphatic heterocycles. The Bertz CT molecular complexity index is 1110. The third-order valence-electron chi connectivity index (χ3n) is 5.88. The molecule has 4 heterocycles. The number of nitrogens with one attached hydrogen (secondary N) is 2. The van der Waals surface area contributed by atoms with Crippen LogP contribution in [0.5, 0.6) is 5.75 Å². The van der Waals surface area contributed by atoms with Crippen molar-refractivity contribution in [2.75, 3.05) is 25.0 Å². The molecule has 0 saturated carbocycles. The molecule has 0 radical (unpaired) electrons. The molecule has 2 unspecified atom stereocenters. The van der Waals surface area contributed by atoms with Crippen molar-refractivity contribution in [2.45, 2.75) is 44.3 Å². The highest BCUT2D eigenvalue weighted by molar-refractivity contribution is 5.88. The van der Waals surface area contributed by atoms with Gasteiger partial charge in [0.25, 0.3) is 0 Å². The summed E-state index contributed by atoms with van der Waals surface area (Å²) in [5.41, 5.74) is 0.229. The van der Waals surface area contributed by atoms with Gasteiger partial charge in [0.05, 0.1) is 29.7 Å². The number of alkyl halides is 3. The second kappa shape index (κ2) is 7.93. The maximum atomic E-state index is 13.2. The highest BCUT2D eigenvalue weighted by Crippen LogP contribution is 2.39. The Labute approximate surface area is 182 Å². The van der Waals surface area contributed by atoms with E-state index in [-0.39, 0.29) is 29.9 Å². The number of aromatic nitrogens is 3. The third-order valence-corrected chi connectivity index (χ3v) is 5.88. The van der Waals surface area contributed by atoms with Gasteiger partial charge in [0.15, 0.2) is 0 Å². The van der Waals surface area contributed by atoms with E-state index in [2.05, 4.69) is 25.2 Å². The van der Waals surface area contributed by atoms with Crippen LogP contribution in [0.15, 0.2) is 36.7 Å². The molecule has 1 saturated heterocycles. The highest BCUT2D eigenvalue weighted by atomic mass is 19.4. The van der Waals surface area contributed by atoms with Gasteiger partial charge < -0.3 is 19.8 Å². The molecule has 3 aromatic rings. The molecule has 2 N–H and O–H groups in total. The molecule has 0 bridgehead atoms. The fraction of sp³-hybridized carbons (Fsp3) is 0.455. The van der Waals surface area contributed by atoms with Crippen molar-refractivity contribution in [1.29, 1.82) is 0 Å². The highest BCUT2D eigenvalue weighted by Gasteiger charge is 2.42. The van der Waals surface area contributed by atoms with Gasteiger partial charge in [-0.1, -0.05) is 18.2 Å². The number of rotatable bonds is 5. The van der Waals surface area contributed by atoms with Gasteiger partial charge in [0.1, 0.15) is 35.8 Å². The second-order valence-electron chi connectivity index (χ2n) is 8.46. The number of fused-ring (bicyclic) bond motifs is 2. The molecular formula is C22H24F3N5O2. The van der Waals surface area contributed by atoms with Gasteiger partial charge in [0, 0.05) is 18.7 Å². The Hall–Kier alpha value is -2.85. The van der Waals surface area contributed by atoms with E-state index in [9.17, 15) is 13.2 Å². The van der Waals surface area contributed by atoms with Gasteiger partial charge in [-0.15, -0.1) is 0 Å². The maximum Gasteiger partial charge on any atom is 0.431 e. The summed E-state index contributed by atoms with van der Waals surface area (Å²) in [6, 6.07) is 8.50. The lowest BCUT2D eigenvalue weighted by Gasteiger charge is -2.48. The van der Waals surface area contributed by atoms with Crippen LogP contribution in [-0.2, 0) is 10.9 Å². The monoisotopic (exact) mass is 447 g/mol. The molecule has 0 aliphatic carbocycles. The van der Waals surface area contributed by atoms with Crippen LogP contribution in [0.1, 0.15) is 31.1 Å². The van der Waals surface area contributed by atoms with Crippen molar-refractivity contribution >= 4 is 16.9 Å². The van der Waals surface area contributed by atoms with Gasteiger partial charge in [-0.05, 0) is 26.0 Å². The van der Waals surface area contributed by atoms with Crippen LogP contribution >= 0.6 is 0 Å². The lowest BCUT2D eigenvalue weighted by Crippen LogP contribution is -2.61. The zero-order valence-corrected chi connectivity index (χ0v) is 17.7. The first kappa shape index (κ1) is 21.0. The Morgan fingerprint density at radius 1 is 1.22 bits per heavy atom. The van der Waals surface area contributed by atoms with Gasteiger partial charge in [-0.2, -0.15) is 13.2 Å². The number of nitrogens with zero attached hydrogens (tertiary/aromatic N) is 3. The van der Waals surface area contributed by atoms with E-state index in [1.54, 1.807) is 0 Å². The number of H-pyrrole nitrogens is 1. The first-order valence-corrected chi connectivity index (χ1v) is 10.6. The lowest BCUT2D eigenvalue weighted by atomic mass is 9.92. The number of aromatic amines is 1. The number of halogens is 3. The van der Waals surface area contributed by atoms with Crippen molar-refractivity contribution in [3.05, 3.63) is 47.9 Å². The van der Waals surface area contributed by atoms with E-state index in [1.165, 1.54) is 6.33 Å². The number of hydrogen-bond donors (Lipinski definition) is 2. The fourth-order valence-corrected chi connectivity index (χ4v) is 4.40. The summed E-state index contributed by atoms with van der Waals surface area (Å²) in [7, 11) is 0. The molecule has 10 heteroatoms. The van der Waals surface area contributed by atoms with Crippen LogP contribution in [-0.4, -0.2) is 57.8 Å². The normalized spacial score (nSPS) is 21.9. The molecule has 2 aromatic heterocycles. The number of likely N-dealkylation sites (tertiary alicyclic amines) is 1. The molecular weight excluding hydrogens is 423 g/mol. The Kier molecular flexibility index (Phi) is 5.21. The smallest absolute Gasteiger partial charge is 0.431 e. The maximum absolute atomic E-state index is 13.2. The van der Waals surface area contributed by atoms with Crippen molar-refractivity contribution in [2.24, 2.45) is 0 Å². The average Bonchev–Trinajstić information content (AvgIpc) is 3.17. The summed E-state index contributed by atoms with van der Waals surface area (Å²) < 4.78 is 51.6. The van der Waals surface area contributed by atoms with E-state index in [0.717, 1.165) is 30.5 Å². The van der Waals surface area contributed by atoms with E-state index in [4.69, 9.17) is 9.47 Å². The van der Waals surface area contributed by atoms with Crippen LogP contribution in [0, 0.1) is 0 Å². The van der Waals surface area contributed by atoms with Crippen LogP contribution in [0.25, 0.3) is 11.0 Å². The van der Waals surface area contributed by atoms with E-state index >= 15 is 0 Å². The number of hydrogen-bond acceptors (Lipinski definition) is 6. The van der Waals surface area contributed by atoms with Crippen LogP contribution in [0.4, 0.5) is 19.0 Å². The zero-order valence-electron chi connectivity index (χ0n) is 17.7. The van der Waals surface area contributed by atoms with Crippen molar-refractivity contribution in [3.8, 4) is 5.75 Å². The van der Waals surface area contributed by atoms with E-state index in [0.29, 0.717) is 17.8 Å². The number of anilines is 1. The fourth-order valence-electron chi connectivity index (χ4n) is 4.40. The summed E-state index contributed by atoms with van der Waals surface area (Å²) in [6.45, 7) is 6.03. The minimum Gasteiger partial charge on any atom is -0.491 e. The molecule has 2 atom stereocenters. The quantitative estimate of drug-likeness (QED) is 0.616. The standard InChI is InChI=1S/C22H24F3N5O2/c1-12(2)32-13-8-30(9-13)16-10-31-17-6-4-3-5-14(17)19(16)29-21-15-7-18(22(23,24)25)28-20(15)26-11-27-21/h3-7,11-13,16,19H,8-10H2,1-2H3,(H2,26,27,28,29). The predicted molar refractivity (Wildman–Crippen MR) is 113 cm³/mol. The summed E-state index contributed by atoms with van der Waals surface area (Å²) >= 11 is 0. The Morgan fingerprint density at radius 2 is 2.00 bits per heavy atom. The second-order valence-corrected chi connectivity index (χ2v) is 8.46. The topological polar surface area (TPSA) is 75.3 Å². The van der Waals surface area contributed by atoms with Gasteiger partial charge >= 0.3 is 6.18 Å². The third kappa shape index (κ3) is 3.88. The van der Waals surface area contributed by atoms with Crippen LogP contribution in [0.3, 0.4) is 0 Å². The average molecular weight is 447 g/mol. The van der Waals surface area contributed by atoms with E-state index < -0.39 is 11.9 Å².